The Morgan fingerprint density at radius 2 is 1.85 bits per heavy atom. The third-order valence-electron chi connectivity index (χ3n) is 4.43. The Morgan fingerprint density at radius 3 is 2.45 bits per heavy atom. The van der Waals surface area contributed by atoms with Crippen LogP contribution in [0.2, 0.25) is 0 Å². The molecule has 2 atom stereocenters. The Morgan fingerprint density at radius 1 is 1.05 bits per heavy atom. The highest BCUT2D eigenvalue weighted by atomic mass is 19.4. The molecule has 0 spiro atoms. The molecule has 1 heterocycles. The van der Waals surface area contributed by atoms with Gasteiger partial charge in [0.1, 0.15) is 5.69 Å². The molecular formula is C15H19F3N2. The zero-order valence-electron chi connectivity index (χ0n) is 11.3. The lowest BCUT2D eigenvalue weighted by atomic mass is 9.82. The first-order chi connectivity index (χ1) is 9.52. The Balaban J connectivity index is 1.59. The molecule has 0 amide bonds. The summed E-state index contributed by atoms with van der Waals surface area (Å²) in [4.78, 5) is 3.49. The molecular weight excluding hydrogens is 265 g/mol. The van der Waals surface area contributed by atoms with Gasteiger partial charge in [0.15, 0.2) is 0 Å². The summed E-state index contributed by atoms with van der Waals surface area (Å²) in [6.07, 6.45) is 4.43. The molecule has 2 saturated carbocycles. The number of nitrogens with one attached hydrogen (secondary N) is 1. The second kappa shape index (κ2) is 5.26. The molecule has 2 fully saturated rings. The number of pyridine rings is 1. The molecule has 5 heteroatoms. The van der Waals surface area contributed by atoms with Gasteiger partial charge < -0.3 is 5.32 Å². The molecule has 0 saturated heterocycles. The van der Waals surface area contributed by atoms with E-state index in [1.54, 1.807) is 0 Å². The van der Waals surface area contributed by atoms with E-state index in [1.165, 1.54) is 37.9 Å². The maximum absolute atomic E-state index is 12.4. The molecule has 2 nitrogen and oxygen atoms in total. The van der Waals surface area contributed by atoms with E-state index in [0.29, 0.717) is 11.7 Å². The smallest absolute Gasteiger partial charge is 0.381 e. The number of nitrogens with zero attached hydrogens (tertiary/aromatic N) is 1. The third kappa shape index (κ3) is 3.25. The Bertz CT molecular complexity index is 451. The summed E-state index contributed by atoms with van der Waals surface area (Å²) in [5.74, 6) is 1.72. The first kappa shape index (κ1) is 13.7. The lowest BCUT2D eigenvalue weighted by molar-refractivity contribution is -0.141. The molecule has 110 valence electrons. The number of aromatic nitrogens is 1. The Labute approximate surface area is 116 Å². The van der Waals surface area contributed by atoms with Crippen LogP contribution in [0.25, 0.3) is 0 Å². The van der Waals surface area contributed by atoms with Crippen molar-refractivity contribution in [3.8, 4) is 0 Å². The minimum atomic E-state index is -4.36. The quantitative estimate of drug-likeness (QED) is 0.885. The van der Waals surface area contributed by atoms with Gasteiger partial charge in [-0.15, -0.1) is 0 Å². The van der Waals surface area contributed by atoms with Crippen molar-refractivity contribution in [1.82, 2.24) is 4.98 Å². The van der Waals surface area contributed by atoms with E-state index >= 15 is 0 Å². The predicted octanol–water partition coefficient (Wildman–Crippen LogP) is 4.48. The second-order valence-electron chi connectivity index (χ2n) is 6.04. The molecule has 0 aliphatic heterocycles. The fraction of sp³-hybridized carbons (Fsp3) is 0.667. The van der Waals surface area contributed by atoms with Gasteiger partial charge in [0.2, 0.25) is 0 Å². The average Bonchev–Trinajstić information content (AvgIpc) is 3.23. The molecule has 0 aromatic carbocycles. The molecule has 1 N–H and O–H groups in total. The second-order valence-corrected chi connectivity index (χ2v) is 6.04. The maximum atomic E-state index is 12.4. The topological polar surface area (TPSA) is 24.9 Å². The molecule has 2 aliphatic rings. The normalized spacial score (nSPS) is 27.4. The fourth-order valence-corrected chi connectivity index (χ4v) is 3.24. The van der Waals surface area contributed by atoms with Gasteiger partial charge in [0, 0.05) is 6.04 Å². The van der Waals surface area contributed by atoms with E-state index in [4.69, 9.17) is 0 Å². The van der Waals surface area contributed by atoms with Gasteiger partial charge in [-0.1, -0.05) is 12.8 Å². The van der Waals surface area contributed by atoms with Crippen LogP contribution in [0.5, 0.6) is 0 Å². The van der Waals surface area contributed by atoms with Crippen LogP contribution in [0, 0.1) is 11.8 Å². The number of alkyl halides is 3. The summed E-state index contributed by atoms with van der Waals surface area (Å²) >= 11 is 0. The van der Waals surface area contributed by atoms with Crippen LogP contribution in [0.1, 0.15) is 44.2 Å². The third-order valence-corrected chi connectivity index (χ3v) is 4.43. The van der Waals surface area contributed by atoms with Gasteiger partial charge in [0.05, 0.1) is 11.9 Å². The van der Waals surface area contributed by atoms with Gasteiger partial charge in [-0.05, 0) is 49.7 Å². The number of hydrogen-bond donors (Lipinski definition) is 1. The zero-order chi connectivity index (χ0) is 14.2. The van der Waals surface area contributed by atoms with Crippen molar-refractivity contribution in [2.45, 2.75) is 50.7 Å². The van der Waals surface area contributed by atoms with E-state index in [2.05, 4.69) is 10.3 Å². The fourth-order valence-electron chi connectivity index (χ4n) is 3.24. The van der Waals surface area contributed by atoms with Crippen molar-refractivity contribution in [1.29, 1.82) is 0 Å². The molecule has 2 unspecified atom stereocenters. The van der Waals surface area contributed by atoms with E-state index < -0.39 is 11.9 Å². The monoisotopic (exact) mass is 284 g/mol. The van der Waals surface area contributed by atoms with E-state index in [-0.39, 0.29) is 0 Å². The van der Waals surface area contributed by atoms with Crippen molar-refractivity contribution in [2.75, 3.05) is 5.32 Å². The minimum Gasteiger partial charge on any atom is -0.381 e. The minimum absolute atomic E-state index is 0.382. The van der Waals surface area contributed by atoms with Crippen molar-refractivity contribution < 1.29 is 13.2 Å². The van der Waals surface area contributed by atoms with Crippen LogP contribution >= 0.6 is 0 Å². The van der Waals surface area contributed by atoms with E-state index in [1.807, 2.05) is 0 Å². The average molecular weight is 284 g/mol. The van der Waals surface area contributed by atoms with E-state index in [9.17, 15) is 13.2 Å². The van der Waals surface area contributed by atoms with Gasteiger partial charge in [-0.3, -0.25) is 0 Å². The Kier molecular flexibility index (Phi) is 3.61. The number of rotatable bonds is 3. The summed E-state index contributed by atoms with van der Waals surface area (Å²) in [7, 11) is 0. The van der Waals surface area contributed by atoms with Crippen LogP contribution in [0.4, 0.5) is 18.9 Å². The zero-order valence-corrected chi connectivity index (χ0v) is 11.3. The molecule has 3 rings (SSSR count). The molecule has 2 aliphatic carbocycles. The maximum Gasteiger partial charge on any atom is 0.433 e. The van der Waals surface area contributed by atoms with Crippen LogP contribution in [0.3, 0.4) is 0 Å². The summed E-state index contributed by atoms with van der Waals surface area (Å²) in [5, 5.41) is 3.34. The highest BCUT2D eigenvalue weighted by molar-refractivity contribution is 5.42. The summed E-state index contributed by atoms with van der Waals surface area (Å²) in [6, 6.07) is 2.91. The highest BCUT2D eigenvalue weighted by Crippen LogP contribution is 2.44. The van der Waals surface area contributed by atoms with Crippen LogP contribution in [0.15, 0.2) is 18.3 Å². The Hall–Kier alpha value is -1.26. The molecule has 0 radical (unpaired) electrons. The molecule has 1 aromatic rings. The standard InChI is InChI=1S/C15H19F3N2/c16-15(17,18)14-7-6-13(9-19-14)20-12-3-1-2-11(8-12)10-4-5-10/h6-7,9-12,20H,1-5,8H2. The van der Waals surface area contributed by atoms with Crippen molar-refractivity contribution in [3.05, 3.63) is 24.0 Å². The van der Waals surface area contributed by atoms with E-state index in [0.717, 1.165) is 30.7 Å². The first-order valence-corrected chi connectivity index (χ1v) is 7.32. The molecule has 20 heavy (non-hydrogen) atoms. The lowest BCUT2D eigenvalue weighted by Gasteiger charge is -2.30. The number of anilines is 1. The SMILES string of the molecule is FC(F)(F)c1ccc(NC2CCCC(C3CC3)C2)cn1. The molecule has 1 aromatic heterocycles. The van der Waals surface area contributed by atoms with Crippen LogP contribution in [-0.4, -0.2) is 11.0 Å². The summed E-state index contributed by atoms with van der Waals surface area (Å²) < 4.78 is 37.3. The van der Waals surface area contributed by atoms with Crippen LogP contribution in [-0.2, 0) is 6.18 Å². The molecule has 0 bridgehead atoms. The number of hydrogen-bond acceptors (Lipinski definition) is 2. The van der Waals surface area contributed by atoms with Gasteiger partial charge in [0.25, 0.3) is 0 Å². The lowest BCUT2D eigenvalue weighted by Crippen LogP contribution is -2.28. The van der Waals surface area contributed by atoms with Gasteiger partial charge in [-0.25, -0.2) is 4.98 Å². The summed E-state index contributed by atoms with van der Waals surface area (Å²) in [5.41, 5.74) is -0.137. The highest BCUT2D eigenvalue weighted by Gasteiger charge is 2.35. The van der Waals surface area contributed by atoms with Crippen LogP contribution < -0.4 is 5.32 Å². The van der Waals surface area contributed by atoms with Crippen molar-refractivity contribution in [2.24, 2.45) is 11.8 Å². The summed E-state index contributed by atoms with van der Waals surface area (Å²) in [6.45, 7) is 0. The first-order valence-electron chi connectivity index (χ1n) is 7.32. The van der Waals surface area contributed by atoms with Gasteiger partial charge >= 0.3 is 6.18 Å². The largest absolute Gasteiger partial charge is 0.433 e. The predicted molar refractivity (Wildman–Crippen MR) is 71.3 cm³/mol. The number of halogens is 3. The van der Waals surface area contributed by atoms with Gasteiger partial charge in [-0.2, -0.15) is 13.2 Å². The van der Waals surface area contributed by atoms with Crippen molar-refractivity contribution >= 4 is 5.69 Å². The van der Waals surface area contributed by atoms with Crippen molar-refractivity contribution in [3.63, 3.8) is 0 Å².